The Labute approximate surface area is 146 Å². The molecule has 2 aromatic heterocycles. The summed E-state index contributed by atoms with van der Waals surface area (Å²) >= 11 is 0. The molecular weight excluding hydrogens is 310 g/mol. The van der Waals surface area contributed by atoms with Crippen LogP contribution in [0.2, 0.25) is 0 Å². The summed E-state index contributed by atoms with van der Waals surface area (Å²) < 4.78 is 3.54. The van der Waals surface area contributed by atoms with E-state index in [0.717, 1.165) is 5.69 Å². The van der Waals surface area contributed by atoms with Gasteiger partial charge in [-0.15, -0.1) is 0 Å². The van der Waals surface area contributed by atoms with E-state index in [2.05, 4.69) is 29.2 Å². The third-order valence-electron chi connectivity index (χ3n) is 4.50. The Balaban J connectivity index is 1.79. The molecule has 0 saturated heterocycles. The summed E-state index contributed by atoms with van der Waals surface area (Å²) in [6.45, 7) is 2.47. The van der Waals surface area contributed by atoms with Crippen LogP contribution in [0.5, 0.6) is 0 Å². The van der Waals surface area contributed by atoms with Crippen molar-refractivity contribution in [3.8, 4) is 0 Å². The molecule has 0 bridgehead atoms. The average Bonchev–Trinajstić information content (AvgIpc) is 3.04. The maximum Gasteiger partial charge on any atom is 0.294 e. The van der Waals surface area contributed by atoms with E-state index in [4.69, 9.17) is 0 Å². The van der Waals surface area contributed by atoms with Crippen LogP contribution in [0.15, 0.2) is 84.0 Å². The number of fused-ring (bicyclic) bond motifs is 1. The molecule has 0 amide bonds. The largest absolute Gasteiger partial charge is 0.310 e. The molecular formula is C21H19N3O. The van der Waals surface area contributed by atoms with Crippen molar-refractivity contribution in [1.82, 2.24) is 14.0 Å². The van der Waals surface area contributed by atoms with Crippen molar-refractivity contribution < 1.29 is 0 Å². The first kappa shape index (κ1) is 15.4. The molecule has 4 heteroatoms. The first-order chi connectivity index (χ1) is 12.2. The van der Waals surface area contributed by atoms with Crippen LogP contribution in [0.1, 0.15) is 22.7 Å². The van der Waals surface area contributed by atoms with Crippen LogP contribution >= 0.6 is 0 Å². The second-order valence-corrected chi connectivity index (χ2v) is 6.24. The van der Waals surface area contributed by atoms with Gasteiger partial charge in [0.25, 0.3) is 5.56 Å². The van der Waals surface area contributed by atoms with Crippen LogP contribution in [0.25, 0.3) is 5.65 Å². The van der Waals surface area contributed by atoms with Crippen molar-refractivity contribution in [2.45, 2.75) is 19.4 Å². The summed E-state index contributed by atoms with van der Waals surface area (Å²) in [7, 11) is 0. The van der Waals surface area contributed by atoms with E-state index in [9.17, 15) is 4.79 Å². The molecule has 0 aliphatic heterocycles. The first-order valence-electron chi connectivity index (χ1n) is 8.37. The maximum atomic E-state index is 12.8. The van der Waals surface area contributed by atoms with Gasteiger partial charge in [0.2, 0.25) is 5.65 Å². The van der Waals surface area contributed by atoms with Gasteiger partial charge in [-0.25, -0.2) is 4.98 Å². The Morgan fingerprint density at radius 2 is 1.52 bits per heavy atom. The molecule has 4 aromatic rings. The molecule has 0 radical (unpaired) electrons. The van der Waals surface area contributed by atoms with E-state index in [1.54, 1.807) is 8.97 Å². The molecule has 0 unspecified atom stereocenters. The van der Waals surface area contributed by atoms with Crippen molar-refractivity contribution in [1.29, 1.82) is 0 Å². The summed E-state index contributed by atoms with van der Waals surface area (Å²) in [5.74, 6) is 0.110. The topological polar surface area (TPSA) is 39.3 Å². The Morgan fingerprint density at radius 3 is 2.12 bits per heavy atom. The number of aromatic nitrogens is 3. The number of rotatable bonds is 4. The number of hydrogen-bond acceptors (Lipinski definition) is 2. The molecule has 0 atom stereocenters. The highest BCUT2D eigenvalue weighted by Gasteiger charge is 2.16. The second-order valence-electron chi connectivity index (χ2n) is 6.24. The number of nitrogens with zero attached hydrogens (tertiary/aromatic N) is 3. The van der Waals surface area contributed by atoms with Crippen LogP contribution in [0.4, 0.5) is 0 Å². The lowest BCUT2D eigenvalue weighted by molar-refractivity contribution is 0.602. The lowest BCUT2D eigenvalue weighted by atomic mass is 9.91. The third-order valence-corrected chi connectivity index (χ3v) is 4.50. The maximum absolute atomic E-state index is 12.8. The van der Waals surface area contributed by atoms with Gasteiger partial charge in [-0.05, 0) is 18.1 Å². The molecule has 0 saturated carbocycles. The van der Waals surface area contributed by atoms with Crippen molar-refractivity contribution in [3.05, 3.63) is 106 Å². The molecule has 124 valence electrons. The zero-order chi connectivity index (χ0) is 17.2. The van der Waals surface area contributed by atoms with Gasteiger partial charge in [0, 0.05) is 31.1 Å². The molecule has 0 N–H and O–H groups in total. The minimum absolute atomic E-state index is 0.0625. The highest BCUT2D eigenvalue weighted by atomic mass is 16.1. The molecule has 2 heterocycles. The van der Waals surface area contributed by atoms with Gasteiger partial charge >= 0.3 is 0 Å². The zero-order valence-electron chi connectivity index (χ0n) is 14.0. The highest BCUT2D eigenvalue weighted by Crippen LogP contribution is 2.25. The van der Waals surface area contributed by atoms with Gasteiger partial charge in [0.1, 0.15) is 0 Å². The monoisotopic (exact) mass is 329 g/mol. The molecule has 0 spiro atoms. The highest BCUT2D eigenvalue weighted by molar-refractivity contribution is 5.38. The van der Waals surface area contributed by atoms with Crippen LogP contribution in [-0.2, 0) is 6.54 Å². The summed E-state index contributed by atoms with van der Waals surface area (Å²) in [4.78, 5) is 17.2. The quantitative estimate of drug-likeness (QED) is 0.573. The smallest absolute Gasteiger partial charge is 0.294 e. The van der Waals surface area contributed by atoms with Gasteiger partial charge in [0.15, 0.2) is 0 Å². The Bertz CT molecular complexity index is 1010. The van der Waals surface area contributed by atoms with E-state index < -0.39 is 0 Å². The average molecular weight is 329 g/mol. The second kappa shape index (κ2) is 6.40. The minimum atomic E-state index is -0.0625. The number of imidazole rings is 1. The van der Waals surface area contributed by atoms with Gasteiger partial charge in [-0.1, -0.05) is 60.7 Å². The standard InChI is InChI=1S/C21H19N3O/c1-16-14-23-12-13-24(21(25)20(23)22-16)15-19(17-8-4-2-5-9-17)18-10-6-3-7-11-18/h2-14,19H,15H2,1H3. The molecule has 4 rings (SSSR count). The van der Waals surface area contributed by atoms with E-state index in [-0.39, 0.29) is 11.5 Å². The third kappa shape index (κ3) is 2.98. The molecule has 0 aliphatic carbocycles. The van der Waals surface area contributed by atoms with Crippen LogP contribution in [0.3, 0.4) is 0 Å². The van der Waals surface area contributed by atoms with Gasteiger partial charge in [-0.3, -0.25) is 4.79 Å². The normalized spacial score (nSPS) is 11.3. The van der Waals surface area contributed by atoms with E-state index in [1.165, 1.54) is 11.1 Å². The summed E-state index contributed by atoms with van der Waals surface area (Å²) in [5.41, 5.74) is 3.64. The van der Waals surface area contributed by atoms with Crippen LogP contribution in [-0.4, -0.2) is 14.0 Å². The van der Waals surface area contributed by atoms with E-state index in [1.807, 2.05) is 61.9 Å². The fraction of sp³-hybridized carbons (Fsp3) is 0.143. The van der Waals surface area contributed by atoms with Crippen molar-refractivity contribution in [3.63, 3.8) is 0 Å². The van der Waals surface area contributed by atoms with Crippen molar-refractivity contribution in [2.75, 3.05) is 0 Å². The van der Waals surface area contributed by atoms with Gasteiger partial charge in [-0.2, -0.15) is 0 Å². The zero-order valence-corrected chi connectivity index (χ0v) is 14.0. The Hall–Kier alpha value is -3.14. The molecule has 0 fully saturated rings. The number of benzene rings is 2. The van der Waals surface area contributed by atoms with Gasteiger partial charge in [0.05, 0.1) is 5.69 Å². The fourth-order valence-electron chi connectivity index (χ4n) is 3.25. The fourth-order valence-corrected chi connectivity index (χ4v) is 3.25. The summed E-state index contributed by atoms with van der Waals surface area (Å²) in [5, 5.41) is 0. The van der Waals surface area contributed by atoms with Crippen molar-refractivity contribution in [2.24, 2.45) is 0 Å². The molecule has 4 nitrogen and oxygen atoms in total. The lowest BCUT2D eigenvalue weighted by Crippen LogP contribution is -2.25. The van der Waals surface area contributed by atoms with E-state index >= 15 is 0 Å². The summed E-state index contributed by atoms with van der Waals surface area (Å²) in [6, 6.07) is 20.6. The lowest BCUT2D eigenvalue weighted by Gasteiger charge is -2.19. The van der Waals surface area contributed by atoms with Gasteiger partial charge < -0.3 is 8.97 Å². The SMILES string of the molecule is Cc1cn2ccn(CC(c3ccccc3)c3ccccc3)c(=O)c2n1. The molecule has 25 heavy (non-hydrogen) atoms. The first-order valence-corrected chi connectivity index (χ1v) is 8.37. The predicted octanol–water partition coefficient (Wildman–Crippen LogP) is 3.64. The van der Waals surface area contributed by atoms with Crippen molar-refractivity contribution >= 4 is 5.65 Å². The van der Waals surface area contributed by atoms with E-state index in [0.29, 0.717) is 12.2 Å². The summed E-state index contributed by atoms with van der Waals surface area (Å²) in [6.07, 6.45) is 5.60. The predicted molar refractivity (Wildman–Crippen MR) is 98.9 cm³/mol. The Kier molecular flexibility index (Phi) is 3.94. The van der Waals surface area contributed by atoms with Crippen LogP contribution < -0.4 is 5.56 Å². The molecule has 0 aliphatic rings. The molecule has 2 aromatic carbocycles. The number of hydrogen-bond donors (Lipinski definition) is 0. The Morgan fingerprint density at radius 1 is 0.920 bits per heavy atom. The number of aryl methyl sites for hydroxylation is 1. The minimum Gasteiger partial charge on any atom is -0.310 e. The van der Waals surface area contributed by atoms with Crippen LogP contribution in [0, 0.1) is 6.92 Å².